The van der Waals surface area contributed by atoms with Gasteiger partial charge in [0, 0.05) is 44.2 Å². The molecule has 0 radical (unpaired) electrons. The fourth-order valence-corrected chi connectivity index (χ4v) is 3.53. The maximum atomic E-state index is 12.1. The lowest BCUT2D eigenvalue weighted by molar-refractivity contribution is -0.134. The summed E-state index contributed by atoms with van der Waals surface area (Å²) in [5.74, 6) is -0.141. The summed E-state index contributed by atoms with van der Waals surface area (Å²) in [6, 6.07) is 5.71. The van der Waals surface area contributed by atoms with Crippen LogP contribution in [0.2, 0.25) is 0 Å². The van der Waals surface area contributed by atoms with Crippen LogP contribution in [0.4, 0.5) is 0 Å². The molecule has 3 heterocycles. The summed E-state index contributed by atoms with van der Waals surface area (Å²) in [4.78, 5) is 36.9. The molecule has 1 fully saturated rings. The molecular weight excluding hydrogens is 350 g/mol. The average Bonchev–Trinajstić information content (AvgIpc) is 3.15. The smallest absolute Gasteiger partial charge is 0.242 e. The third-order valence-corrected chi connectivity index (χ3v) is 5.25. The van der Waals surface area contributed by atoms with Crippen LogP contribution < -0.4 is 5.32 Å². The van der Waals surface area contributed by atoms with E-state index in [1.54, 1.807) is 11.1 Å². The van der Waals surface area contributed by atoms with E-state index in [0.29, 0.717) is 12.8 Å². The Labute approximate surface area is 157 Å². The van der Waals surface area contributed by atoms with Crippen LogP contribution in [-0.2, 0) is 16.0 Å². The zero-order chi connectivity index (χ0) is 18.4. The first-order valence-corrected chi connectivity index (χ1v) is 9.58. The first kappa shape index (κ1) is 18.5. The normalized spacial score (nSPS) is 15.0. The van der Waals surface area contributed by atoms with Crippen molar-refractivity contribution in [3.8, 4) is 10.7 Å². The highest BCUT2D eigenvalue weighted by Gasteiger charge is 2.19. The molecule has 0 saturated carbocycles. The Hall–Kier alpha value is -2.32. The van der Waals surface area contributed by atoms with E-state index in [-0.39, 0.29) is 18.4 Å². The number of amides is 2. The Balaban J connectivity index is 1.40. The van der Waals surface area contributed by atoms with Crippen molar-refractivity contribution >= 4 is 23.2 Å². The topological polar surface area (TPSA) is 78.4 Å². The highest BCUT2D eigenvalue weighted by atomic mass is 32.1. The van der Waals surface area contributed by atoms with Gasteiger partial charge in [0.05, 0.1) is 17.9 Å². The summed E-state index contributed by atoms with van der Waals surface area (Å²) < 4.78 is 0. The number of aryl methyl sites for hydroxylation is 1. The van der Waals surface area contributed by atoms with Crippen LogP contribution >= 0.6 is 11.3 Å². The predicted octanol–water partition coefficient (Wildman–Crippen LogP) is 1.03. The van der Waals surface area contributed by atoms with Gasteiger partial charge in [0.25, 0.3) is 0 Å². The minimum absolute atomic E-state index is 0.0162. The van der Waals surface area contributed by atoms with E-state index in [9.17, 15) is 9.59 Å². The zero-order valence-electron chi connectivity index (χ0n) is 14.9. The monoisotopic (exact) mass is 373 g/mol. The van der Waals surface area contributed by atoms with Crippen molar-refractivity contribution in [3.63, 3.8) is 0 Å². The number of carbonyl (C=O) groups is 2. The average molecular weight is 373 g/mol. The molecule has 0 aromatic carbocycles. The minimum atomic E-state index is -0.125. The fraction of sp³-hybridized carbons (Fsp3) is 0.444. The third-order valence-electron chi connectivity index (χ3n) is 4.34. The van der Waals surface area contributed by atoms with Gasteiger partial charge < -0.3 is 15.1 Å². The highest BCUT2D eigenvalue weighted by Crippen LogP contribution is 2.21. The molecule has 2 aromatic heterocycles. The third kappa shape index (κ3) is 5.09. The summed E-state index contributed by atoms with van der Waals surface area (Å²) >= 11 is 1.52. The summed E-state index contributed by atoms with van der Waals surface area (Å²) in [7, 11) is 2.04. The second-order valence-corrected chi connectivity index (χ2v) is 7.18. The minimum Gasteiger partial charge on any atom is -0.347 e. The zero-order valence-corrected chi connectivity index (χ0v) is 15.7. The van der Waals surface area contributed by atoms with Gasteiger partial charge in [-0.2, -0.15) is 0 Å². The molecule has 0 bridgehead atoms. The number of aromatic nitrogens is 2. The van der Waals surface area contributed by atoms with E-state index >= 15 is 0 Å². The number of rotatable bonds is 6. The van der Waals surface area contributed by atoms with Crippen molar-refractivity contribution in [2.75, 3.05) is 39.8 Å². The van der Waals surface area contributed by atoms with Crippen LogP contribution in [0.5, 0.6) is 0 Å². The number of likely N-dealkylation sites (N-methyl/N-ethyl adjacent to an activating group) is 1. The van der Waals surface area contributed by atoms with E-state index < -0.39 is 0 Å². The molecule has 138 valence electrons. The molecule has 1 aliphatic heterocycles. The van der Waals surface area contributed by atoms with Gasteiger partial charge in [-0.25, -0.2) is 4.98 Å². The lowest BCUT2D eigenvalue weighted by Crippen LogP contribution is -2.50. The Morgan fingerprint density at radius 1 is 1.23 bits per heavy atom. The number of hydrogen-bond donors (Lipinski definition) is 1. The molecule has 1 N–H and O–H groups in total. The molecule has 0 aliphatic carbocycles. The van der Waals surface area contributed by atoms with E-state index in [2.05, 4.69) is 20.2 Å². The summed E-state index contributed by atoms with van der Waals surface area (Å²) in [6.07, 6.45) is 2.61. The second-order valence-electron chi connectivity index (χ2n) is 6.32. The molecule has 1 saturated heterocycles. The summed E-state index contributed by atoms with van der Waals surface area (Å²) in [6.45, 7) is 3.27. The van der Waals surface area contributed by atoms with Gasteiger partial charge in [-0.05, 0) is 25.6 Å². The van der Waals surface area contributed by atoms with Crippen LogP contribution in [0.3, 0.4) is 0 Å². The lowest BCUT2D eigenvalue weighted by atomic mass is 10.2. The van der Waals surface area contributed by atoms with Gasteiger partial charge in [0.15, 0.2) is 0 Å². The Kier molecular flexibility index (Phi) is 6.30. The molecule has 0 atom stereocenters. The first-order valence-electron chi connectivity index (χ1n) is 8.70. The largest absolute Gasteiger partial charge is 0.347 e. The van der Waals surface area contributed by atoms with E-state index in [1.165, 1.54) is 11.3 Å². The molecule has 0 spiro atoms. The van der Waals surface area contributed by atoms with Gasteiger partial charge >= 0.3 is 0 Å². The predicted molar refractivity (Wildman–Crippen MR) is 101 cm³/mol. The molecular formula is C18H23N5O2S. The molecule has 8 heteroatoms. The van der Waals surface area contributed by atoms with Crippen LogP contribution in [0.25, 0.3) is 10.7 Å². The standard InChI is InChI=1S/C18H23N5O2S/c1-22-8-10-23(11-9-22)17(25)12-20-16(24)6-5-14-13-26-18(21-14)15-4-2-3-7-19-15/h2-4,7,13H,5-6,8-12H2,1H3,(H,20,24). The number of nitrogens with zero attached hydrogens (tertiary/aromatic N) is 4. The lowest BCUT2D eigenvalue weighted by Gasteiger charge is -2.32. The molecule has 0 unspecified atom stereocenters. The number of thiazole rings is 1. The van der Waals surface area contributed by atoms with Gasteiger partial charge in [-0.15, -0.1) is 11.3 Å². The van der Waals surface area contributed by atoms with Crippen molar-refractivity contribution in [2.24, 2.45) is 0 Å². The maximum Gasteiger partial charge on any atom is 0.242 e. The summed E-state index contributed by atoms with van der Waals surface area (Å²) in [5, 5.41) is 5.52. The van der Waals surface area contributed by atoms with Crippen molar-refractivity contribution in [2.45, 2.75) is 12.8 Å². The molecule has 7 nitrogen and oxygen atoms in total. The van der Waals surface area contributed by atoms with Crippen LogP contribution in [0.1, 0.15) is 12.1 Å². The van der Waals surface area contributed by atoms with Crippen LogP contribution in [0.15, 0.2) is 29.8 Å². The number of carbonyl (C=O) groups excluding carboxylic acids is 2. The van der Waals surface area contributed by atoms with Crippen molar-refractivity contribution < 1.29 is 9.59 Å². The maximum absolute atomic E-state index is 12.1. The number of nitrogens with one attached hydrogen (secondary N) is 1. The first-order chi connectivity index (χ1) is 12.6. The van der Waals surface area contributed by atoms with Crippen LogP contribution in [-0.4, -0.2) is 71.4 Å². The van der Waals surface area contributed by atoms with Crippen molar-refractivity contribution in [3.05, 3.63) is 35.5 Å². The molecule has 1 aliphatic rings. The highest BCUT2D eigenvalue weighted by molar-refractivity contribution is 7.13. The number of hydrogen-bond acceptors (Lipinski definition) is 6. The Morgan fingerprint density at radius 3 is 2.77 bits per heavy atom. The second kappa shape index (κ2) is 8.86. The molecule has 2 amide bonds. The fourth-order valence-electron chi connectivity index (χ4n) is 2.70. The van der Waals surface area contributed by atoms with E-state index in [4.69, 9.17) is 0 Å². The van der Waals surface area contributed by atoms with Crippen molar-refractivity contribution in [1.29, 1.82) is 0 Å². The van der Waals surface area contributed by atoms with Gasteiger partial charge in [-0.1, -0.05) is 6.07 Å². The van der Waals surface area contributed by atoms with E-state index in [0.717, 1.165) is 42.6 Å². The quantitative estimate of drug-likeness (QED) is 0.818. The van der Waals surface area contributed by atoms with Crippen LogP contribution in [0, 0.1) is 0 Å². The molecule has 26 heavy (non-hydrogen) atoms. The Morgan fingerprint density at radius 2 is 2.04 bits per heavy atom. The summed E-state index contributed by atoms with van der Waals surface area (Å²) in [5.41, 5.74) is 1.71. The number of pyridine rings is 1. The SMILES string of the molecule is CN1CCN(C(=O)CNC(=O)CCc2csc(-c3ccccn3)n2)CC1. The number of piperazine rings is 1. The van der Waals surface area contributed by atoms with E-state index in [1.807, 2.05) is 30.6 Å². The Bertz CT molecular complexity index is 741. The van der Waals surface area contributed by atoms with Gasteiger partial charge in [0.1, 0.15) is 5.01 Å². The van der Waals surface area contributed by atoms with Gasteiger partial charge in [-0.3, -0.25) is 14.6 Å². The molecule has 3 rings (SSSR count). The van der Waals surface area contributed by atoms with Gasteiger partial charge in [0.2, 0.25) is 11.8 Å². The van der Waals surface area contributed by atoms with Crippen molar-refractivity contribution in [1.82, 2.24) is 25.1 Å². The molecule has 2 aromatic rings.